The van der Waals surface area contributed by atoms with Crippen LogP contribution >= 0.6 is 0 Å². The van der Waals surface area contributed by atoms with E-state index in [0.717, 1.165) is 10.5 Å². The van der Waals surface area contributed by atoms with Crippen LogP contribution in [0.25, 0.3) is 0 Å². The highest BCUT2D eigenvalue weighted by Gasteiger charge is 2.36. The minimum atomic E-state index is -0.484. The quantitative estimate of drug-likeness (QED) is 0.511. The van der Waals surface area contributed by atoms with Crippen LogP contribution in [0, 0.1) is 6.92 Å². The predicted molar refractivity (Wildman–Crippen MR) is 105 cm³/mol. The van der Waals surface area contributed by atoms with Gasteiger partial charge in [-0.25, -0.2) is 0 Å². The van der Waals surface area contributed by atoms with Crippen molar-refractivity contribution in [1.82, 2.24) is 15.5 Å². The van der Waals surface area contributed by atoms with Gasteiger partial charge in [0.05, 0.1) is 11.1 Å². The Balaban J connectivity index is 1.35. The van der Waals surface area contributed by atoms with Crippen molar-refractivity contribution in [2.75, 3.05) is 26.2 Å². The van der Waals surface area contributed by atoms with Crippen LogP contribution in [0.1, 0.15) is 26.3 Å². The average Bonchev–Trinajstić information content (AvgIpc) is 2.96. The minimum absolute atomic E-state index is 0.133. The molecule has 0 aliphatic carbocycles. The lowest BCUT2D eigenvalue weighted by Crippen LogP contribution is -2.43. The summed E-state index contributed by atoms with van der Waals surface area (Å²) in [7, 11) is 0. The van der Waals surface area contributed by atoms with E-state index in [9.17, 15) is 19.2 Å². The van der Waals surface area contributed by atoms with Crippen molar-refractivity contribution in [3.63, 3.8) is 0 Å². The monoisotopic (exact) mass is 395 g/mol. The molecule has 150 valence electrons. The van der Waals surface area contributed by atoms with Gasteiger partial charge in [-0.2, -0.15) is 0 Å². The van der Waals surface area contributed by atoms with Crippen molar-refractivity contribution in [1.29, 1.82) is 0 Å². The molecule has 0 fully saturated rings. The predicted octanol–water partition coefficient (Wildman–Crippen LogP) is 0.902. The first kappa shape index (κ1) is 20.1. The third-order valence-corrected chi connectivity index (χ3v) is 4.34. The number of benzene rings is 2. The summed E-state index contributed by atoms with van der Waals surface area (Å²) < 4.78 is 5.36. The number of rotatable bonds is 8. The van der Waals surface area contributed by atoms with Crippen molar-refractivity contribution in [2.24, 2.45) is 0 Å². The Bertz CT molecular complexity index is 905. The molecular formula is C21H21N3O5. The van der Waals surface area contributed by atoms with Crippen LogP contribution in [-0.2, 0) is 9.59 Å². The lowest BCUT2D eigenvalue weighted by atomic mass is 10.1. The van der Waals surface area contributed by atoms with Crippen molar-refractivity contribution in [2.45, 2.75) is 6.92 Å². The Kier molecular flexibility index (Phi) is 6.23. The van der Waals surface area contributed by atoms with Crippen LogP contribution in [0.5, 0.6) is 5.75 Å². The summed E-state index contributed by atoms with van der Waals surface area (Å²) in [4.78, 5) is 49.2. The van der Waals surface area contributed by atoms with Crippen molar-refractivity contribution < 1.29 is 23.9 Å². The smallest absolute Gasteiger partial charge is 0.262 e. The fraction of sp³-hybridized carbons (Fsp3) is 0.238. The van der Waals surface area contributed by atoms with Gasteiger partial charge in [0.2, 0.25) is 5.91 Å². The normalized spacial score (nSPS) is 12.5. The molecule has 1 heterocycles. The molecule has 0 spiro atoms. The number of aryl methyl sites for hydroxylation is 1. The van der Waals surface area contributed by atoms with Gasteiger partial charge in [0, 0.05) is 13.1 Å². The fourth-order valence-electron chi connectivity index (χ4n) is 2.82. The zero-order valence-electron chi connectivity index (χ0n) is 15.9. The third kappa shape index (κ3) is 4.98. The number of carbonyl (C=O) groups is 4. The van der Waals surface area contributed by atoms with E-state index in [0.29, 0.717) is 16.9 Å². The van der Waals surface area contributed by atoms with Crippen LogP contribution < -0.4 is 15.4 Å². The van der Waals surface area contributed by atoms with Gasteiger partial charge in [0.15, 0.2) is 6.61 Å². The van der Waals surface area contributed by atoms with E-state index in [-0.39, 0.29) is 32.1 Å². The summed E-state index contributed by atoms with van der Waals surface area (Å²) in [6, 6.07) is 13.8. The van der Waals surface area contributed by atoms with Gasteiger partial charge >= 0.3 is 0 Å². The van der Waals surface area contributed by atoms with E-state index in [4.69, 9.17) is 4.74 Å². The van der Waals surface area contributed by atoms with Gasteiger partial charge in [0.1, 0.15) is 12.3 Å². The van der Waals surface area contributed by atoms with Gasteiger partial charge in [0.25, 0.3) is 17.7 Å². The van der Waals surface area contributed by atoms with E-state index in [1.807, 2.05) is 19.1 Å². The number of carbonyl (C=O) groups excluding carboxylic acids is 4. The molecule has 2 aromatic rings. The third-order valence-electron chi connectivity index (χ3n) is 4.34. The van der Waals surface area contributed by atoms with Gasteiger partial charge in [-0.15, -0.1) is 0 Å². The molecule has 2 aromatic carbocycles. The van der Waals surface area contributed by atoms with Crippen molar-refractivity contribution in [3.8, 4) is 5.75 Å². The summed E-state index contributed by atoms with van der Waals surface area (Å²) in [5.74, 6) is -1.17. The second-order valence-electron chi connectivity index (χ2n) is 6.54. The number of nitrogens with zero attached hydrogens (tertiary/aromatic N) is 1. The topological polar surface area (TPSA) is 105 Å². The molecule has 8 nitrogen and oxygen atoms in total. The van der Waals surface area contributed by atoms with Gasteiger partial charge in [-0.05, 0) is 31.2 Å². The van der Waals surface area contributed by atoms with Gasteiger partial charge < -0.3 is 15.4 Å². The molecule has 8 heteroatoms. The molecule has 0 aromatic heterocycles. The SMILES string of the molecule is Cc1ccc(OCC(=O)NCCNC(=O)CN2C(=O)c3ccccc3C2=O)cc1. The van der Waals surface area contributed by atoms with Crippen LogP contribution in [-0.4, -0.2) is 54.8 Å². The zero-order chi connectivity index (χ0) is 20.8. The second-order valence-corrected chi connectivity index (χ2v) is 6.54. The molecule has 0 radical (unpaired) electrons. The average molecular weight is 395 g/mol. The second kappa shape index (κ2) is 9.01. The maximum atomic E-state index is 12.2. The van der Waals surface area contributed by atoms with Crippen LogP contribution in [0.3, 0.4) is 0 Å². The first-order valence-electron chi connectivity index (χ1n) is 9.14. The molecular weight excluding hydrogens is 374 g/mol. The van der Waals surface area contributed by atoms with E-state index in [1.54, 1.807) is 36.4 Å². The standard InChI is InChI=1S/C21H21N3O5/c1-14-6-8-15(9-7-14)29-13-19(26)23-11-10-22-18(25)12-24-20(27)16-4-2-3-5-17(16)21(24)28/h2-9H,10-13H2,1H3,(H,22,25)(H,23,26). The zero-order valence-corrected chi connectivity index (χ0v) is 15.9. The molecule has 29 heavy (non-hydrogen) atoms. The Morgan fingerprint density at radius 2 is 1.41 bits per heavy atom. The lowest BCUT2D eigenvalue weighted by Gasteiger charge is -2.14. The van der Waals surface area contributed by atoms with E-state index in [2.05, 4.69) is 10.6 Å². The van der Waals surface area contributed by atoms with E-state index < -0.39 is 17.7 Å². The Hall–Kier alpha value is -3.68. The van der Waals surface area contributed by atoms with E-state index >= 15 is 0 Å². The minimum Gasteiger partial charge on any atom is -0.484 e. The molecule has 0 bridgehead atoms. The number of amides is 4. The lowest BCUT2D eigenvalue weighted by molar-refractivity contribution is -0.124. The summed E-state index contributed by atoms with van der Waals surface area (Å²) >= 11 is 0. The summed E-state index contributed by atoms with van der Waals surface area (Å²) in [5, 5.41) is 5.19. The number of nitrogens with one attached hydrogen (secondary N) is 2. The van der Waals surface area contributed by atoms with Crippen LogP contribution in [0.4, 0.5) is 0 Å². The Labute approximate surface area is 167 Å². The van der Waals surface area contributed by atoms with Crippen LogP contribution in [0.2, 0.25) is 0 Å². The first-order valence-corrected chi connectivity index (χ1v) is 9.14. The Morgan fingerprint density at radius 1 is 0.862 bits per heavy atom. The van der Waals surface area contributed by atoms with Crippen molar-refractivity contribution in [3.05, 3.63) is 65.2 Å². The molecule has 0 saturated carbocycles. The molecule has 0 unspecified atom stereocenters. The number of imide groups is 1. The summed E-state index contributed by atoms with van der Waals surface area (Å²) in [5.41, 5.74) is 1.69. The number of ether oxygens (including phenoxy) is 1. The van der Waals surface area contributed by atoms with Gasteiger partial charge in [-0.1, -0.05) is 29.8 Å². The maximum absolute atomic E-state index is 12.2. The molecule has 2 N–H and O–H groups in total. The highest BCUT2D eigenvalue weighted by Crippen LogP contribution is 2.21. The largest absolute Gasteiger partial charge is 0.484 e. The van der Waals surface area contributed by atoms with E-state index in [1.165, 1.54) is 0 Å². The molecule has 0 saturated heterocycles. The highest BCUT2D eigenvalue weighted by molar-refractivity contribution is 6.22. The summed E-state index contributed by atoms with van der Waals surface area (Å²) in [6.07, 6.45) is 0. The van der Waals surface area contributed by atoms with Crippen molar-refractivity contribution >= 4 is 23.6 Å². The van der Waals surface area contributed by atoms with Gasteiger partial charge in [-0.3, -0.25) is 24.1 Å². The molecule has 3 rings (SSSR count). The molecule has 0 atom stereocenters. The Morgan fingerprint density at radius 3 is 2.00 bits per heavy atom. The fourth-order valence-corrected chi connectivity index (χ4v) is 2.82. The molecule has 1 aliphatic heterocycles. The number of fused-ring (bicyclic) bond motifs is 1. The number of hydrogen-bond donors (Lipinski definition) is 2. The number of hydrogen-bond acceptors (Lipinski definition) is 5. The maximum Gasteiger partial charge on any atom is 0.262 e. The highest BCUT2D eigenvalue weighted by atomic mass is 16.5. The molecule has 1 aliphatic rings. The summed E-state index contributed by atoms with van der Waals surface area (Å²) in [6.45, 7) is 1.82. The first-order chi connectivity index (χ1) is 14.0. The van der Waals surface area contributed by atoms with Crippen LogP contribution in [0.15, 0.2) is 48.5 Å². The molecule has 4 amide bonds.